The van der Waals surface area contributed by atoms with Crippen molar-refractivity contribution in [3.05, 3.63) is 53.7 Å². The molecule has 1 amide bonds. The van der Waals surface area contributed by atoms with Crippen LogP contribution in [-0.2, 0) is 6.54 Å². The van der Waals surface area contributed by atoms with Crippen molar-refractivity contribution in [3.8, 4) is 0 Å². The van der Waals surface area contributed by atoms with Crippen molar-refractivity contribution in [1.29, 1.82) is 0 Å². The Bertz CT molecular complexity index is 623. The lowest BCUT2D eigenvalue weighted by Crippen LogP contribution is -2.33. The molecule has 0 aliphatic rings. The second kappa shape index (κ2) is 7.72. The van der Waals surface area contributed by atoms with E-state index in [2.05, 4.69) is 46.4 Å². The van der Waals surface area contributed by atoms with Gasteiger partial charge >= 0.3 is 0 Å². The minimum Gasteiger partial charge on any atom is -0.348 e. The molecule has 0 aliphatic carbocycles. The average molecular weight is 312 g/mol. The zero-order chi connectivity index (χ0) is 16.8. The van der Waals surface area contributed by atoms with Crippen LogP contribution in [0, 0.1) is 0 Å². The number of rotatable bonds is 6. The quantitative estimate of drug-likeness (QED) is 0.891. The van der Waals surface area contributed by atoms with Gasteiger partial charge in [0.25, 0.3) is 5.91 Å². The van der Waals surface area contributed by atoms with E-state index in [0.29, 0.717) is 5.69 Å². The molecule has 1 N–H and O–H groups in total. The molecule has 0 spiro atoms. The Hall–Kier alpha value is -2.43. The topological polar surface area (TPSA) is 58.1 Å². The largest absolute Gasteiger partial charge is 0.348 e. The van der Waals surface area contributed by atoms with Crippen molar-refractivity contribution < 1.29 is 4.79 Å². The zero-order valence-corrected chi connectivity index (χ0v) is 14.2. The first-order valence-electron chi connectivity index (χ1n) is 7.92. The summed E-state index contributed by atoms with van der Waals surface area (Å²) in [5.41, 5.74) is 1.55. The van der Waals surface area contributed by atoms with Crippen LogP contribution in [0.15, 0.2) is 42.5 Å². The third kappa shape index (κ3) is 4.77. The number of aromatic nitrogens is 2. The minimum atomic E-state index is -0.196. The Morgan fingerprint density at radius 3 is 2.26 bits per heavy atom. The molecule has 0 saturated heterocycles. The minimum absolute atomic E-state index is 0.0780. The number of carbonyl (C=O) groups excluding carboxylic acids is 1. The summed E-state index contributed by atoms with van der Waals surface area (Å²) in [4.78, 5) is 14.1. The molecule has 0 aliphatic heterocycles. The highest BCUT2D eigenvalue weighted by atomic mass is 16.2. The normalized spacial score (nSPS) is 10.9. The van der Waals surface area contributed by atoms with E-state index in [4.69, 9.17) is 0 Å². The fourth-order valence-corrected chi connectivity index (χ4v) is 2.24. The highest BCUT2D eigenvalue weighted by Crippen LogP contribution is 2.17. The number of hydrogen-bond donors (Lipinski definition) is 1. The number of nitrogens with one attached hydrogen (secondary N) is 1. The van der Waals surface area contributed by atoms with Crippen molar-refractivity contribution in [3.63, 3.8) is 0 Å². The van der Waals surface area contributed by atoms with Gasteiger partial charge in [0.15, 0.2) is 11.5 Å². The molecular formula is C18H24N4O. The molecule has 0 unspecified atom stereocenters. The number of benzene rings is 1. The van der Waals surface area contributed by atoms with Gasteiger partial charge < -0.3 is 10.2 Å². The monoisotopic (exact) mass is 312 g/mol. The molecule has 0 bridgehead atoms. The highest BCUT2D eigenvalue weighted by molar-refractivity contribution is 5.92. The summed E-state index contributed by atoms with van der Waals surface area (Å²) < 4.78 is 0. The number of anilines is 1. The van der Waals surface area contributed by atoms with Gasteiger partial charge in [-0.05, 0) is 45.4 Å². The average Bonchev–Trinajstić information content (AvgIpc) is 2.53. The van der Waals surface area contributed by atoms with Crippen molar-refractivity contribution >= 4 is 11.7 Å². The van der Waals surface area contributed by atoms with Crippen LogP contribution in [0.3, 0.4) is 0 Å². The van der Waals surface area contributed by atoms with Gasteiger partial charge in [-0.25, -0.2) is 0 Å². The van der Waals surface area contributed by atoms with Gasteiger partial charge in [-0.3, -0.25) is 4.79 Å². The van der Waals surface area contributed by atoms with Crippen LogP contribution in [0.2, 0.25) is 0 Å². The molecular weight excluding hydrogens is 288 g/mol. The standard InChI is InChI=1S/C18H24N4O/c1-13(2)19-18(23)16-10-11-17(21-20-16)22(14(3)4)12-15-8-6-5-7-9-15/h5-11,13-14H,12H2,1-4H3,(H,19,23). The van der Waals surface area contributed by atoms with E-state index in [0.717, 1.165) is 12.4 Å². The van der Waals surface area contributed by atoms with Crippen LogP contribution in [0.1, 0.15) is 43.7 Å². The first-order valence-corrected chi connectivity index (χ1v) is 7.92. The zero-order valence-electron chi connectivity index (χ0n) is 14.2. The van der Waals surface area contributed by atoms with E-state index < -0.39 is 0 Å². The van der Waals surface area contributed by atoms with E-state index in [1.54, 1.807) is 6.07 Å². The molecule has 2 aromatic rings. The number of nitrogens with zero attached hydrogens (tertiary/aromatic N) is 3. The first-order chi connectivity index (χ1) is 11.0. The molecule has 1 aromatic heterocycles. The second-order valence-electron chi connectivity index (χ2n) is 6.11. The summed E-state index contributed by atoms with van der Waals surface area (Å²) in [5, 5.41) is 11.1. The SMILES string of the molecule is CC(C)NC(=O)c1ccc(N(Cc2ccccc2)C(C)C)nn1. The highest BCUT2D eigenvalue weighted by Gasteiger charge is 2.15. The van der Waals surface area contributed by atoms with Crippen LogP contribution in [-0.4, -0.2) is 28.2 Å². The first kappa shape index (κ1) is 16.9. The predicted octanol–water partition coefficient (Wildman–Crippen LogP) is 3.03. The fourth-order valence-electron chi connectivity index (χ4n) is 2.24. The number of amides is 1. The molecule has 1 aromatic carbocycles. The predicted molar refractivity (Wildman–Crippen MR) is 92.4 cm³/mol. The van der Waals surface area contributed by atoms with Crippen LogP contribution >= 0.6 is 0 Å². The van der Waals surface area contributed by atoms with E-state index in [1.807, 2.05) is 38.1 Å². The van der Waals surface area contributed by atoms with Gasteiger partial charge in [0.2, 0.25) is 0 Å². The molecule has 0 atom stereocenters. The molecule has 5 heteroatoms. The van der Waals surface area contributed by atoms with E-state index in [1.165, 1.54) is 5.56 Å². The lowest BCUT2D eigenvalue weighted by molar-refractivity contribution is 0.0937. The molecule has 23 heavy (non-hydrogen) atoms. The summed E-state index contributed by atoms with van der Waals surface area (Å²) in [6, 6.07) is 14.2. The lowest BCUT2D eigenvalue weighted by atomic mass is 10.2. The summed E-state index contributed by atoms with van der Waals surface area (Å²) in [7, 11) is 0. The molecule has 0 radical (unpaired) electrons. The number of hydrogen-bond acceptors (Lipinski definition) is 4. The molecule has 2 rings (SSSR count). The molecule has 5 nitrogen and oxygen atoms in total. The summed E-state index contributed by atoms with van der Waals surface area (Å²) in [5.74, 6) is 0.572. The lowest BCUT2D eigenvalue weighted by Gasteiger charge is -2.27. The summed E-state index contributed by atoms with van der Waals surface area (Å²) in [6.07, 6.45) is 0. The Morgan fingerprint density at radius 1 is 1.04 bits per heavy atom. The van der Waals surface area contributed by atoms with Gasteiger partial charge in [0, 0.05) is 18.6 Å². The maximum Gasteiger partial charge on any atom is 0.271 e. The van der Waals surface area contributed by atoms with Gasteiger partial charge in [-0.1, -0.05) is 30.3 Å². The van der Waals surface area contributed by atoms with E-state index in [-0.39, 0.29) is 18.0 Å². The molecule has 0 saturated carbocycles. The van der Waals surface area contributed by atoms with Crippen molar-refractivity contribution in [2.45, 2.75) is 46.3 Å². The molecule has 0 fully saturated rings. The molecule has 122 valence electrons. The maximum absolute atomic E-state index is 11.9. The van der Waals surface area contributed by atoms with Crippen LogP contribution < -0.4 is 10.2 Å². The fraction of sp³-hybridized carbons (Fsp3) is 0.389. The van der Waals surface area contributed by atoms with Gasteiger partial charge in [0.05, 0.1) is 0 Å². The Morgan fingerprint density at radius 2 is 1.74 bits per heavy atom. The van der Waals surface area contributed by atoms with E-state index in [9.17, 15) is 4.79 Å². The van der Waals surface area contributed by atoms with Gasteiger partial charge in [-0.15, -0.1) is 10.2 Å². The Labute approximate surface area is 137 Å². The van der Waals surface area contributed by atoms with Crippen LogP contribution in [0.25, 0.3) is 0 Å². The smallest absolute Gasteiger partial charge is 0.271 e. The summed E-state index contributed by atoms with van der Waals surface area (Å²) in [6.45, 7) is 8.82. The van der Waals surface area contributed by atoms with E-state index >= 15 is 0 Å². The molecule has 1 heterocycles. The second-order valence-corrected chi connectivity index (χ2v) is 6.11. The van der Waals surface area contributed by atoms with Crippen molar-refractivity contribution in [2.75, 3.05) is 4.90 Å². The van der Waals surface area contributed by atoms with Crippen molar-refractivity contribution in [1.82, 2.24) is 15.5 Å². The Balaban J connectivity index is 2.15. The number of carbonyl (C=O) groups is 1. The summed E-state index contributed by atoms with van der Waals surface area (Å²) >= 11 is 0. The van der Waals surface area contributed by atoms with Gasteiger partial charge in [0.1, 0.15) is 0 Å². The van der Waals surface area contributed by atoms with Crippen molar-refractivity contribution in [2.24, 2.45) is 0 Å². The van der Waals surface area contributed by atoms with Gasteiger partial charge in [-0.2, -0.15) is 0 Å². The maximum atomic E-state index is 11.9. The third-order valence-electron chi connectivity index (χ3n) is 3.42. The third-order valence-corrected chi connectivity index (χ3v) is 3.42. The van der Waals surface area contributed by atoms with Crippen LogP contribution in [0.5, 0.6) is 0 Å². The van der Waals surface area contributed by atoms with Crippen LogP contribution in [0.4, 0.5) is 5.82 Å². The Kier molecular flexibility index (Phi) is 5.68.